The highest BCUT2D eigenvalue weighted by Crippen LogP contribution is 2.34. The van der Waals surface area contributed by atoms with E-state index in [4.69, 9.17) is 26.8 Å². The molecule has 0 radical (unpaired) electrons. The third-order valence-electron chi connectivity index (χ3n) is 2.82. The number of rotatable bonds is 3. The highest BCUT2D eigenvalue weighted by molar-refractivity contribution is 9.10. The second-order valence-electron chi connectivity index (χ2n) is 3.95. The zero-order valence-electron chi connectivity index (χ0n) is 9.12. The van der Waals surface area contributed by atoms with Crippen molar-refractivity contribution in [3.63, 3.8) is 0 Å². The van der Waals surface area contributed by atoms with Crippen LogP contribution < -0.4 is 10.5 Å². The molecule has 1 fully saturated rings. The minimum absolute atomic E-state index is 0.0269. The van der Waals surface area contributed by atoms with Gasteiger partial charge in [0, 0.05) is 25.6 Å². The number of hydrogen-bond donors (Lipinski definition) is 1. The van der Waals surface area contributed by atoms with Crippen molar-refractivity contribution < 1.29 is 13.9 Å². The van der Waals surface area contributed by atoms with Crippen molar-refractivity contribution >= 4 is 27.5 Å². The van der Waals surface area contributed by atoms with E-state index in [2.05, 4.69) is 15.9 Å². The van der Waals surface area contributed by atoms with Crippen molar-refractivity contribution in [3.05, 3.63) is 27.4 Å². The summed E-state index contributed by atoms with van der Waals surface area (Å²) in [5.74, 6) is -0.103. The molecule has 2 rings (SSSR count). The predicted molar refractivity (Wildman–Crippen MR) is 66.9 cm³/mol. The summed E-state index contributed by atoms with van der Waals surface area (Å²) < 4.78 is 24.7. The smallest absolute Gasteiger partial charge is 0.145 e. The van der Waals surface area contributed by atoms with Crippen LogP contribution in [0.15, 0.2) is 16.6 Å². The Labute approximate surface area is 112 Å². The maximum Gasteiger partial charge on any atom is 0.145 e. The molecule has 1 aliphatic rings. The monoisotopic (exact) mass is 323 g/mol. The molecule has 1 aliphatic carbocycles. The summed E-state index contributed by atoms with van der Waals surface area (Å²) in [6.07, 6.45) is 0.391. The minimum atomic E-state index is -0.512. The van der Waals surface area contributed by atoms with Crippen molar-refractivity contribution in [2.45, 2.75) is 24.7 Å². The fourth-order valence-electron chi connectivity index (χ4n) is 1.82. The molecule has 2 N–H and O–H groups in total. The molecule has 1 aromatic rings. The van der Waals surface area contributed by atoms with Crippen LogP contribution in [-0.4, -0.2) is 25.4 Å². The zero-order chi connectivity index (χ0) is 12.6. The lowest BCUT2D eigenvalue weighted by Gasteiger charge is -2.41. The Bertz CT molecular complexity index is 432. The van der Waals surface area contributed by atoms with Crippen molar-refractivity contribution in [2.75, 3.05) is 7.11 Å². The van der Waals surface area contributed by atoms with Crippen LogP contribution in [0, 0.1) is 5.82 Å². The van der Waals surface area contributed by atoms with Crippen LogP contribution in [0.25, 0.3) is 0 Å². The molecule has 0 aromatic heterocycles. The maximum atomic E-state index is 13.3. The third-order valence-corrected chi connectivity index (χ3v) is 3.73. The summed E-state index contributed by atoms with van der Waals surface area (Å²) in [7, 11) is 1.58. The topological polar surface area (TPSA) is 44.5 Å². The van der Waals surface area contributed by atoms with E-state index >= 15 is 0 Å². The molecule has 3 atom stereocenters. The van der Waals surface area contributed by atoms with E-state index < -0.39 is 5.82 Å². The quantitative estimate of drug-likeness (QED) is 0.870. The Morgan fingerprint density at radius 1 is 1.53 bits per heavy atom. The minimum Gasteiger partial charge on any atom is -0.486 e. The molecule has 0 saturated heterocycles. The molecule has 17 heavy (non-hydrogen) atoms. The summed E-state index contributed by atoms with van der Waals surface area (Å²) in [6.45, 7) is 0. The van der Waals surface area contributed by atoms with Gasteiger partial charge in [-0.15, -0.1) is 0 Å². The van der Waals surface area contributed by atoms with Crippen LogP contribution in [0.1, 0.15) is 6.42 Å². The van der Waals surface area contributed by atoms with Crippen molar-refractivity contribution in [1.82, 2.24) is 0 Å². The molecule has 3 nitrogen and oxygen atoms in total. The lowest BCUT2D eigenvalue weighted by molar-refractivity contribution is -0.0785. The molecule has 1 saturated carbocycles. The second-order valence-corrected chi connectivity index (χ2v) is 5.21. The summed E-state index contributed by atoms with van der Waals surface area (Å²) in [5, 5.41) is 0.0535. The van der Waals surface area contributed by atoms with Gasteiger partial charge in [-0.2, -0.15) is 0 Å². The lowest BCUT2D eigenvalue weighted by Crippen LogP contribution is -2.59. The summed E-state index contributed by atoms with van der Waals surface area (Å²) >= 11 is 8.92. The normalized spacial score (nSPS) is 27.7. The molecular formula is C11H12BrClFNO2. The Kier molecular flexibility index (Phi) is 3.92. The van der Waals surface area contributed by atoms with Crippen LogP contribution in [0.2, 0.25) is 5.02 Å². The van der Waals surface area contributed by atoms with Gasteiger partial charge in [-0.05, 0) is 22.0 Å². The lowest BCUT2D eigenvalue weighted by atomic mass is 9.86. The van der Waals surface area contributed by atoms with Crippen LogP contribution in [-0.2, 0) is 4.74 Å². The second kappa shape index (κ2) is 5.10. The first-order chi connectivity index (χ1) is 8.02. The molecule has 0 amide bonds. The zero-order valence-corrected chi connectivity index (χ0v) is 11.5. The SMILES string of the molecule is COC1C(N)CC1Oc1cc(F)c(Cl)cc1Br. The standard InChI is InChI=1S/C11H12BrClFNO2/c1-16-11-8(15)4-10(11)17-9-3-7(14)6(13)2-5(9)12/h2-3,8,10-11H,4,15H2,1H3. The molecule has 6 heteroatoms. The number of nitrogens with two attached hydrogens (primary N) is 1. The maximum absolute atomic E-state index is 13.3. The third kappa shape index (κ3) is 2.57. The number of ether oxygens (including phenoxy) is 2. The first kappa shape index (κ1) is 13.1. The van der Waals surface area contributed by atoms with E-state index in [1.54, 1.807) is 7.11 Å². The van der Waals surface area contributed by atoms with Gasteiger partial charge in [0.1, 0.15) is 23.8 Å². The van der Waals surface area contributed by atoms with Crippen LogP contribution >= 0.6 is 27.5 Å². The first-order valence-electron chi connectivity index (χ1n) is 5.12. The van der Waals surface area contributed by atoms with Crippen LogP contribution in [0.5, 0.6) is 5.75 Å². The number of hydrogen-bond acceptors (Lipinski definition) is 3. The molecule has 3 unspecified atom stereocenters. The number of methoxy groups -OCH3 is 1. The van der Waals surface area contributed by atoms with Gasteiger partial charge in [0.15, 0.2) is 0 Å². The highest BCUT2D eigenvalue weighted by atomic mass is 79.9. The van der Waals surface area contributed by atoms with Gasteiger partial charge in [0.05, 0.1) is 9.50 Å². The van der Waals surface area contributed by atoms with Crippen LogP contribution in [0.3, 0.4) is 0 Å². The Morgan fingerprint density at radius 3 is 2.82 bits per heavy atom. The van der Waals surface area contributed by atoms with E-state index in [0.717, 1.165) is 0 Å². The Hall–Kier alpha value is -0.360. The van der Waals surface area contributed by atoms with E-state index in [0.29, 0.717) is 16.6 Å². The fraction of sp³-hybridized carbons (Fsp3) is 0.455. The van der Waals surface area contributed by atoms with Gasteiger partial charge in [0.25, 0.3) is 0 Å². The Morgan fingerprint density at radius 2 is 2.24 bits per heavy atom. The molecule has 0 spiro atoms. The van der Waals surface area contributed by atoms with Gasteiger partial charge in [-0.3, -0.25) is 0 Å². The van der Waals surface area contributed by atoms with Crippen molar-refractivity contribution in [3.8, 4) is 5.75 Å². The number of benzene rings is 1. The van der Waals surface area contributed by atoms with Gasteiger partial charge >= 0.3 is 0 Å². The highest BCUT2D eigenvalue weighted by Gasteiger charge is 2.41. The molecular weight excluding hydrogens is 312 g/mol. The van der Waals surface area contributed by atoms with E-state index in [9.17, 15) is 4.39 Å². The molecule has 94 valence electrons. The van der Waals surface area contributed by atoms with Crippen molar-refractivity contribution in [2.24, 2.45) is 5.73 Å². The average molecular weight is 325 g/mol. The Balaban J connectivity index is 2.12. The first-order valence-corrected chi connectivity index (χ1v) is 6.29. The molecule has 0 bridgehead atoms. The van der Waals surface area contributed by atoms with Crippen molar-refractivity contribution in [1.29, 1.82) is 0 Å². The van der Waals surface area contributed by atoms with Gasteiger partial charge < -0.3 is 15.2 Å². The largest absolute Gasteiger partial charge is 0.486 e. The van der Waals surface area contributed by atoms with Gasteiger partial charge in [-0.1, -0.05) is 11.6 Å². The van der Waals surface area contributed by atoms with Gasteiger partial charge in [-0.25, -0.2) is 4.39 Å². The van der Waals surface area contributed by atoms with E-state index in [-0.39, 0.29) is 23.3 Å². The number of halogens is 3. The summed E-state index contributed by atoms with van der Waals surface area (Å²) in [5.41, 5.74) is 5.76. The molecule has 0 heterocycles. The molecule has 0 aliphatic heterocycles. The predicted octanol–water partition coefficient (Wildman–Crippen LogP) is 2.74. The fourth-order valence-corrected chi connectivity index (χ4v) is 2.55. The van der Waals surface area contributed by atoms with E-state index in [1.807, 2.05) is 0 Å². The molecule has 1 aromatic carbocycles. The van der Waals surface area contributed by atoms with Crippen LogP contribution in [0.4, 0.5) is 4.39 Å². The summed E-state index contributed by atoms with van der Waals surface area (Å²) in [6, 6.07) is 2.69. The summed E-state index contributed by atoms with van der Waals surface area (Å²) in [4.78, 5) is 0. The van der Waals surface area contributed by atoms with E-state index in [1.165, 1.54) is 12.1 Å². The average Bonchev–Trinajstić information content (AvgIpc) is 2.25. The van der Waals surface area contributed by atoms with Gasteiger partial charge in [0.2, 0.25) is 0 Å².